The van der Waals surface area contributed by atoms with Gasteiger partial charge in [0.25, 0.3) is 5.91 Å². The van der Waals surface area contributed by atoms with Crippen LogP contribution in [0, 0.1) is 17.1 Å². The van der Waals surface area contributed by atoms with Crippen molar-refractivity contribution in [3.63, 3.8) is 0 Å². The van der Waals surface area contributed by atoms with Crippen molar-refractivity contribution >= 4 is 17.5 Å². The van der Waals surface area contributed by atoms with Gasteiger partial charge in [-0.1, -0.05) is 30.3 Å². The second kappa shape index (κ2) is 8.54. The summed E-state index contributed by atoms with van der Waals surface area (Å²) in [5.74, 6) is -0.471. The number of benzene rings is 2. The lowest BCUT2D eigenvalue weighted by Crippen LogP contribution is -2.27. The zero-order chi connectivity index (χ0) is 19.1. The van der Waals surface area contributed by atoms with Crippen LogP contribution < -0.4 is 10.6 Å². The SMILES string of the molecule is N#Cc1ccccc1Nc1nccc(C(=O)NCCc2ccccc2F)n1. The topological polar surface area (TPSA) is 90.7 Å². The van der Waals surface area contributed by atoms with E-state index >= 15 is 0 Å². The van der Waals surface area contributed by atoms with Crippen LogP contribution in [0.25, 0.3) is 0 Å². The van der Waals surface area contributed by atoms with Gasteiger partial charge in [-0.2, -0.15) is 5.26 Å². The fourth-order valence-electron chi connectivity index (χ4n) is 2.46. The highest BCUT2D eigenvalue weighted by atomic mass is 19.1. The van der Waals surface area contributed by atoms with Crippen LogP contribution in [-0.2, 0) is 6.42 Å². The summed E-state index contributed by atoms with van der Waals surface area (Å²) < 4.78 is 13.6. The number of hydrogen-bond acceptors (Lipinski definition) is 5. The number of halogens is 1. The molecule has 0 aliphatic rings. The van der Waals surface area contributed by atoms with Crippen molar-refractivity contribution in [1.29, 1.82) is 5.26 Å². The van der Waals surface area contributed by atoms with E-state index in [2.05, 4.69) is 26.7 Å². The minimum atomic E-state index is -0.384. The molecule has 1 heterocycles. The summed E-state index contributed by atoms with van der Waals surface area (Å²) in [4.78, 5) is 20.5. The van der Waals surface area contributed by atoms with Gasteiger partial charge in [0.15, 0.2) is 0 Å². The van der Waals surface area contributed by atoms with Gasteiger partial charge in [0.1, 0.15) is 17.6 Å². The molecule has 134 valence electrons. The first-order valence-corrected chi connectivity index (χ1v) is 8.28. The number of para-hydroxylation sites is 1. The van der Waals surface area contributed by atoms with E-state index in [-0.39, 0.29) is 29.9 Å². The molecular formula is C20H16FN5O. The predicted molar refractivity (Wildman–Crippen MR) is 98.9 cm³/mol. The van der Waals surface area contributed by atoms with E-state index in [0.29, 0.717) is 23.2 Å². The van der Waals surface area contributed by atoms with Crippen LogP contribution >= 0.6 is 0 Å². The molecule has 3 rings (SSSR count). The number of anilines is 2. The third kappa shape index (κ3) is 4.64. The van der Waals surface area contributed by atoms with Gasteiger partial charge in [-0.3, -0.25) is 4.79 Å². The number of nitriles is 1. The van der Waals surface area contributed by atoms with E-state index in [4.69, 9.17) is 5.26 Å². The molecule has 6 nitrogen and oxygen atoms in total. The Morgan fingerprint density at radius 1 is 1.11 bits per heavy atom. The molecule has 0 atom stereocenters. The molecule has 3 aromatic rings. The second-order valence-corrected chi connectivity index (χ2v) is 5.65. The van der Waals surface area contributed by atoms with Gasteiger partial charge in [0, 0.05) is 12.7 Å². The Hall–Kier alpha value is -3.79. The average Bonchev–Trinajstić information content (AvgIpc) is 2.70. The molecule has 2 aromatic carbocycles. The van der Waals surface area contributed by atoms with Crippen molar-refractivity contribution in [3.8, 4) is 6.07 Å². The smallest absolute Gasteiger partial charge is 0.270 e. The third-order valence-electron chi connectivity index (χ3n) is 3.82. The fraction of sp³-hybridized carbons (Fsp3) is 0.100. The molecule has 0 saturated carbocycles. The monoisotopic (exact) mass is 361 g/mol. The fourth-order valence-corrected chi connectivity index (χ4v) is 2.46. The Kier molecular flexibility index (Phi) is 5.70. The number of carbonyl (C=O) groups is 1. The maximum Gasteiger partial charge on any atom is 0.270 e. The number of amides is 1. The van der Waals surface area contributed by atoms with E-state index in [9.17, 15) is 9.18 Å². The molecule has 0 unspecified atom stereocenters. The summed E-state index contributed by atoms with van der Waals surface area (Å²) in [6.45, 7) is 0.282. The lowest BCUT2D eigenvalue weighted by atomic mass is 10.1. The largest absolute Gasteiger partial charge is 0.350 e. The van der Waals surface area contributed by atoms with Gasteiger partial charge in [0.05, 0.1) is 11.3 Å². The van der Waals surface area contributed by atoms with Gasteiger partial charge >= 0.3 is 0 Å². The van der Waals surface area contributed by atoms with Gasteiger partial charge < -0.3 is 10.6 Å². The molecule has 0 fully saturated rings. The van der Waals surface area contributed by atoms with Gasteiger partial charge in [-0.25, -0.2) is 14.4 Å². The molecule has 7 heteroatoms. The van der Waals surface area contributed by atoms with Crippen LogP contribution in [0.1, 0.15) is 21.6 Å². The van der Waals surface area contributed by atoms with Crippen molar-refractivity contribution in [1.82, 2.24) is 15.3 Å². The molecular weight excluding hydrogens is 345 g/mol. The summed E-state index contributed by atoms with van der Waals surface area (Å²) in [7, 11) is 0. The number of nitrogens with one attached hydrogen (secondary N) is 2. The number of hydrogen-bond donors (Lipinski definition) is 2. The summed E-state index contributed by atoms with van der Waals surface area (Å²) in [6, 6.07) is 16.9. The van der Waals surface area contributed by atoms with Crippen LogP contribution in [0.5, 0.6) is 0 Å². The van der Waals surface area contributed by atoms with E-state index in [0.717, 1.165) is 0 Å². The summed E-state index contributed by atoms with van der Waals surface area (Å²) in [6.07, 6.45) is 1.83. The Labute approximate surface area is 155 Å². The summed E-state index contributed by atoms with van der Waals surface area (Å²) >= 11 is 0. The molecule has 0 saturated heterocycles. The Balaban J connectivity index is 1.63. The van der Waals surface area contributed by atoms with E-state index in [1.807, 2.05) is 0 Å². The molecule has 27 heavy (non-hydrogen) atoms. The maximum atomic E-state index is 13.6. The van der Waals surface area contributed by atoms with Crippen molar-refractivity contribution in [2.45, 2.75) is 6.42 Å². The number of nitrogens with zero attached hydrogens (tertiary/aromatic N) is 3. The van der Waals surface area contributed by atoms with Crippen molar-refractivity contribution in [3.05, 3.63) is 83.4 Å². The van der Waals surface area contributed by atoms with Crippen LogP contribution in [0.4, 0.5) is 16.0 Å². The second-order valence-electron chi connectivity index (χ2n) is 5.65. The summed E-state index contributed by atoms with van der Waals surface area (Å²) in [5.41, 5.74) is 1.71. The molecule has 0 bridgehead atoms. The van der Waals surface area contributed by atoms with E-state index in [1.165, 1.54) is 18.3 Å². The molecule has 0 aliphatic carbocycles. The lowest BCUT2D eigenvalue weighted by molar-refractivity contribution is 0.0949. The molecule has 0 spiro atoms. The zero-order valence-electron chi connectivity index (χ0n) is 14.3. The quantitative estimate of drug-likeness (QED) is 0.704. The highest BCUT2D eigenvalue weighted by molar-refractivity contribution is 5.92. The van der Waals surface area contributed by atoms with E-state index < -0.39 is 0 Å². The Morgan fingerprint density at radius 2 is 1.89 bits per heavy atom. The molecule has 1 amide bonds. The minimum absolute atomic E-state index is 0.176. The average molecular weight is 361 g/mol. The first-order valence-electron chi connectivity index (χ1n) is 8.28. The highest BCUT2D eigenvalue weighted by Crippen LogP contribution is 2.17. The molecule has 2 N–H and O–H groups in total. The molecule has 0 aliphatic heterocycles. The standard InChI is InChI=1S/C20H16FN5O/c21-16-7-3-1-5-14(16)9-11-23-19(27)18-10-12-24-20(26-18)25-17-8-4-2-6-15(17)13-22/h1-8,10,12H,9,11H2,(H,23,27)(H,24,25,26). The van der Waals surface area contributed by atoms with Crippen molar-refractivity contribution < 1.29 is 9.18 Å². The van der Waals surface area contributed by atoms with Crippen LogP contribution in [0.2, 0.25) is 0 Å². The molecule has 1 aromatic heterocycles. The third-order valence-corrected chi connectivity index (χ3v) is 3.82. The van der Waals surface area contributed by atoms with Crippen LogP contribution in [0.3, 0.4) is 0 Å². The van der Waals surface area contributed by atoms with Gasteiger partial charge in [0.2, 0.25) is 5.95 Å². The first-order chi connectivity index (χ1) is 13.2. The number of rotatable bonds is 6. The Bertz CT molecular complexity index is 999. The molecule has 0 radical (unpaired) electrons. The van der Waals surface area contributed by atoms with Crippen molar-refractivity contribution in [2.75, 3.05) is 11.9 Å². The van der Waals surface area contributed by atoms with Gasteiger partial charge in [-0.15, -0.1) is 0 Å². The van der Waals surface area contributed by atoms with E-state index in [1.54, 1.807) is 42.5 Å². The first kappa shape index (κ1) is 18.0. The Morgan fingerprint density at radius 3 is 2.70 bits per heavy atom. The van der Waals surface area contributed by atoms with Crippen molar-refractivity contribution in [2.24, 2.45) is 0 Å². The maximum absolute atomic E-state index is 13.6. The lowest BCUT2D eigenvalue weighted by Gasteiger charge is -2.08. The normalized spacial score (nSPS) is 10.1. The zero-order valence-corrected chi connectivity index (χ0v) is 14.3. The van der Waals surface area contributed by atoms with Gasteiger partial charge in [-0.05, 0) is 36.2 Å². The van der Waals surface area contributed by atoms with Crippen LogP contribution in [-0.4, -0.2) is 22.4 Å². The summed E-state index contributed by atoms with van der Waals surface area (Å²) in [5, 5.41) is 14.8. The predicted octanol–water partition coefficient (Wildman–Crippen LogP) is 3.20. The highest BCUT2D eigenvalue weighted by Gasteiger charge is 2.10. The number of carbonyl (C=O) groups excluding carboxylic acids is 1. The minimum Gasteiger partial charge on any atom is -0.350 e. The number of aromatic nitrogens is 2. The van der Waals surface area contributed by atoms with Crippen LogP contribution in [0.15, 0.2) is 60.8 Å².